The van der Waals surface area contributed by atoms with Gasteiger partial charge in [-0.3, -0.25) is 0 Å². The van der Waals surface area contributed by atoms with Gasteiger partial charge in [0, 0.05) is 77.8 Å². The zero-order valence-corrected chi connectivity index (χ0v) is 41.0. The molecule has 4 heteroatoms. The van der Waals surface area contributed by atoms with Gasteiger partial charge in [-0.15, -0.1) is 0 Å². The molecule has 4 nitrogen and oxygen atoms in total. The van der Waals surface area contributed by atoms with Crippen molar-refractivity contribution < 1.29 is 0 Å². The molecular weight excluding hydrogens is 897 g/mol. The highest BCUT2D eigenvalue weighted by molar-refractivity contribution is 6.21. The topological polar surface area (TPSA) is 16.3 Å². The van der Waals surface area contributed by atoms with Gasteiger partial charge in [-0.25, -0.2) is 0 Å². The number of rotatable bonds is 8. The van der Waals surface area contributed by atoms with Crippen LogP contribution in [0.3, 0.4) is 0 Å². The maximum absolute atomic E-state index is 2.67. The van der Waals surface area contributed by atoms with Gasteiger partial charge in [0.15, 0.2) is 0 Å². The number of fused-ring (bicyclic) bond motifs is 8. The van der Waals surface area contributed by atoms with Gasteiger partial charge in [0.25, 0.3) is 0 Å². The van der Waals surface area contributed by atoms with E-state index in [9.17, 15) is 0 Å². The standard InChI is InChI=1S/C70H52N4/c1-5-21-47(22-6-1)61-41-42-62(48-23-7-2-8-24-48)71(61)51-37-39-57-59(45-51)69(73-65-33-17-13-29-53(65)54-30-14-18-34-66(54)73)58-40-38-52(72-63(49-25-9-3-10-26-49)43-44-64(72)50-27-11-4-12-28-50)46-60(58)70(57)74-67-35-19-15-31-55(67)56-32-16-20-36-68(56)74/h1-27,29-41,43,45-46,50,62,64H,28,42,44H2. The molecule has 0 fully saturated rings. The predicted molar refractivity (Wildman–Crippen MR) is 313 cm³/mol. The van der Waals surface area contributed by atoms with Gasteiger partial charge >= 0.3 is 0 Å². The maximum atomic E-state index is 2.67. The second kappa shape index (κ2) is 17.3. The van der Waals surface area contributed by atoms with Gasteiger partial charge in [-0.2, -0.15) is 0 Å². The Labute approximate surface area is 430 Å². The Morgan fingerprint density at radius 2 is 0.770 bits per heavy atom. The minimum atomic E-state index is 0.120. The molecule has 74 heavy (non-hydrogen) atoms. The normalized spacial score (nSPS) is 17.7. The summed E-state index contributed by atoms with van der Waals surface area (Å²) >= 11 is 0. The number of allylic oxidation sites excluding steroid dienone is 3. The third-order valence-electron chi connectivity index (χ3n) is 16.3. The van der Waals surface area contributed by atoms with Crippen LogP contribution in [0.1, 0.15) is 42.0 Å². The zero-order chi connectivity index (χ0) is 48.7. The first-order chi connectivity index (χ1) is 36.8. The molecule has 0 amide bonds. The molecule has 4 heterocycles. The van der Waals surface area contributed by atoms with Gasteiger partial charge in [-0.1, -0.05) is 212 Å². The van der Waals surface area contributed by atoms with E-state index in [2.05, 4.69) is 280 Å². The highest BCUT2D eigenvalue weighted by atomic mass is 15.2. The molecule has 1 aliphatic carbocycles. The first-order valence-electron chi connectivity index (χ1n) is 26.3. The highest BCUT2D eigenvalue weighted by Crippen LogP contribution is 2.50. The third-order valence-corrected chi connectivity index (χ3v) is 16.3. The summed E-state index contributed by atoms with van der Waals surface area (Å²) in [6.07, 6.45) is 17.0. The molecule has 0 bridgehead atoms. The van der Waals surface area contributed by atoms with E-state index in [4.69, 9.17) is 0 Å². The molecule has 352 valence electrons. The van der Waals surface area contributed by atoms with Crippen LogP contribution in [0.15, 0.2) is 261 Å². The number of hydrogen-bond donors (Lipinski definition) is 0. The first kappa shape index (κ1) is 42.6. The van der Waals surface area contributed by atoms with E-state index in [0.29, 0.717) is 5.92 Å². The summed E-state index contributed by atoms with van der Waals surface area (Å²) in [4.78, 5) is 5.27. The monoisotopic (exact) mass is 948 g/mol. The fourth-order valence-electron chi connectivity index (χ4n) is 13.1. The smallest absolute Gasteiger partial charge is 0.0626 e. The fourth-order valence-corrected chi connectivity index (χ4v) is 13.1. The first-order valence-corrected chi connectivity index (χ1v) is 26.3. The summed E-state index contributed by atoms with van der Waals surface area (Å²) < 4.78 is 5.16. The lowest BCUT2D eigenvalue weighted by molar-refractivity contribution is 0.514. The Morgan fingerprint density at radius 3 is 1.26 bits per heavy atom. The molecule has 0 N–H and O–H groups in total. The molecule has 15 rings (SSSR count). The molecule has 10 aromatic carbocycles. The third kappa shape index (κ3) is 6.61. The van der Waals surface area contributed by atoms with E-state index in [1.54, 1.807) is 0 Å². The van der Waals surface area contributed by atoms with Crippen molar-refractivity contribution in [2.24, 2.45) is 5.92 Å². The van der Waals surface area contributed by atoms with Crippen LogP contribution in [0.5, 0.6) is 0 Å². The minimum absolute atomic E-state index is 0.120. The Kier molecular flexibility index (Phi) is 9.94. The van der Waals surface area contributed by atoms with Crippen molar-refractivity contribution in [1.29, 1.82) is 0 Å². The Bertz CT molecular complexity index is 4200. The largest absolute Gasteiger partial charge is 0.337 e. The Morgan fingerprint density at radius 1 is 0.338 bits per heavy atom. The van der Waals surface area contributed by atoms with E-state index in [1.165, 1.54) is 110 Å². The van der Waals surface area contributed by atoms with Crippen molar-refractivity contribution >= 4 is 87.9 Å². The van der Waals surface area contributed by atoms with Crippen LogP contribution in [0.2, 0.25) is 0 Å². The molecule has 3 atom stereocenters. The second-order valence-corrected chi connectivity index (χ2v) is 20.2. The molecule has 0 saturated heterocycles. The Hall–Kier alpha value is -9.12. The summed E-state index contributed by atoms with van der Waals surface area (Å²) in [6, 6.07) is 84.1. The van der Waals surface area contributed by atoms with Gasteiger partial charge < -0.3 is 18.9 Å². The fraction of sp³-hybridized carbons (Fsp3) is 0.0857. The minimum Gasteiger partial charge on any atom is -0.337 e. The van der Waals surface area contributed by atoms with Crippen molar-refractivity contribution in [3.63, 3.8) is 0 Å². The molecule has 2 aromatic heterocycles. The average Bonchev–Trinajstić information content (AvgIpc) is 4.27. The van der Waals surface area contributed by atoms with Crippen LogP contribution in [0, 0.1) is 5.92 Å². The van der Waals surface area contributed by atoms with Crippen molar-refractivity contribution in [1.82, 2.24) is 9.13 Å². The number of para-hydroxylation sites is 4. The molecule has 2 aliphatic heterocycles. The predicted octanol–water partition coefficient (Wildman–Crippen LogP) is 17.9. The number of anilines is 2. The average molecular weight is 949 g/mol. The van der Waals surface area contributed by atoms with Crippen LogP contribution in [0.25, 0.3) is 87.9 Å². The summed E-state index contributed by atoms with van der Waals surface area (Å²) in [7, 11) is 0. The molecule has 0 spiro atoms. The van der Waals surface area contributed by atoms with E-state index in [0.717, 1.165) is 24.9 Å². The lowest BCUT2D eigenvalue weighted by atomic mass is 9.90. The number of hydrogen-bond acceptors (Lipinski definition) is 2. The lowest BCUT2D eigenvalue weighted by Gasteiger charge is -2.35. The zero-order valence-electron chi connectivity index (χ0n) is 41.0. The van der Waals surface area contributed by atoms with E-state index >= 15 is 0 Å². The molecule has 12 aromatic rings. The lowest BCUT2D eigenvalue weighted by Crippen LogP contribution is -2.35. The van der Waals surface area contributed by atoms with Crippen molar-refractivity contribution in [2.75, 3.05) is 9.80 Å². The van der Waals surface area contributed by atoms with Gasteiger partial charge in [0.2, 0.25) is 0 Å². The highest BCUT2D eigenvalue weighted by Gasteiger charge is 2.35. The van der Waals surface area contributed by atoms with Gasteiger partial charge in [-0.05, 0) is 84.5 Å². The SMILES string of the molecule is C1=CCC(C2CC=C(c3ccccc3)N2c2ccc3c(-n4c5ccccc5c5ccccc54)c4cc(N5C(c6ccccc6)=CCC5c5ccccc5)ccc4c(-n4c5ccccc5c5ccccc54)c3c2)C=C1. The van der Waals surface area contributed by atoms with Crippen LogP contribution in [-0.4, -0.2) is 15.2 Å². The second-order valence-electron chi connectivity index (χ2n) is 20.2. The van der Waals surface area contributed by atoms with E-state index < -0.39 is 0 Å². The number of benzene rings is 10. The molecule has 3 aliphatic rings. The van der Waals surface area contributed by atoms with Gasteiger partial charge in [0.05, 0.1) is 39.5 Å². The van der Waals surface area contributed by atoms with Crippen LogP contribution in [-0.2, 0) is 0 Å². The quantitative estimate of drug-likeness (QED) is 0.141. The summed E-state index contributed by atoms with van der Waals surface area (Å²) in [5.74, 6) is 0.369. The summed E-state index contributed by atoms with van der Waals surface area (Å²) in [5, 5.41) is 9.77. The van der Waals surface area contributed by atoms with Crippen LogP contribution < -0.4 is 9.80 Å². The van der Waals surface area contributed by atoms with Crippen LogP contribution in [0.4, 0.5) is 11.4 Å². The van der Waals surface area contributed by atoms with E-state index in [-0.39, 0.29) is 12.1 Å². The van der Waals surface area contributed by atoms with Gasteiger partial charge in [0.1, 0.15) is 0 Å². The molecule has 0 saturated carbocycles. The van der Waals surface area contributed by atoms with Crippen molar-refractivity contribution in [3.8, 4) is 11.4 Å². The van der Waals surface area contributed by atoms with E-state index in [1.807, 2.05) is 0 Å². The number of nitrogens with zero attached hydrogens (tertiary/aromatic N) is 4. The molecular formula is C70H52N4. The molecule has 0 radical (unpaired) electrons. The van der Waals surface area contributed by atoms with Crippen molar-refractivity contribution in [2.45, 2.75) is 31.3 Å². The summed E-state index contributed by atoms with van der Waals surface area (Å²) in [5.41, 5.74) is 15.8. The maximum Gasteiger partial charge on any atom is 0.0626 e. The molecule has 3 unspecified atom stereocenters. The van der Waals surface area contributed by atoms with Crippen LogP contribution >= 0.6 is 0 Å². The Balaban J connectivity index is 1.09. The van der Waals surface area contributed by atoms with Crippen molar-refractivity contribution in [3.05, 3.63) is 278 Å². The summed E-state index contributed by atoms with van der Waals surface area (Å²) in [6.45, 7) is 0. The number of aromatic nitrogens is 2.